The maximum absolute atomic E-state index is 11.3. The van der Waals surface area contributed by atoms with Gasteiger partial charge in [0.25, 0.3) is 0 Å². The summed E-state index contributed by atoms with van der Waals surface area (Å²) in [6.45, 7) is 4.50. The first kappa shape index (κ1) is 15.1. The fourth-order valence-electron chi connectivity index (χ4n) is 1.93. The number of carboxylic acid groups (broad SMARTS) is 1. The lowest BCUT2D eigenvalue weighted by atomic mass is 10.1. The molecular formula is C13H17Cl2NO2. The molecule has 0 aromatic heterocycles. The van der Waals surface area contributed by atoms with Crippen LogP contribution in [0.1, 0.15) is 26.7 Å². The summed E-state index contributed by atoms with van der Waals surface area (Å²) in [5.74, 6) is -0.836. The Morgan fingerprint density at radius 3 is 2.50 bits per heavy atom. The molecule has 5 heteroatoms. The van der Waals surface area contributed by atoms with Crippen LogP contribution in [0.3, 0.4) is 0 Å². The lowest BCUT2D eigenvalue weighted by molar-refractivity contribution is -0.138. The van der Waals surface area contributed by atoms with E-state index in [1.165, 1.54) is 0 Å². The monoisotopic (exact) mass is 289 g/mol. The lowest BCUT2D eigenvalue weighted by Gasteiger charge is -2.30. The number of halogens is 2. The van der Waals surface area contributed by atoms with Crippen molar-refractivity contribution in [2.24, 2.45) is 0 Å². The van der Waals surface area contributed by atoms with Gasteiger partial charge in [-0.1, -0.05) is 37.0 Å². The molecule has 0 fully saturated rings. The summed E-state index contributed by atoms with van der Waals surface area (Å²) >= 11 is 12.0. The van der Waals surface area contributed by atoms with E-state index in [9.17, 15) is 9.90 Å². The number of benzene rings is 1. The molecule has 0 amide bonds. The summed E-state index contributed by atoms with van der Waals surface area (Å²) in [7, 11) is 0. The van der Waals surface area contributed by atoms with Gasteiger partial charge in [-0.3, -0.25) is 0 Å². The number of hydrogen-bond donors (Lipinski definition) is 1. The van der Waals surface area contributed by atoms with Crippen LogP contribution in [-0.4, -0.2) is 23.7 Å². The molecule has 1 aromatic carbocycles. The highest BCUT2D eigenvalue weighted by atomic mass is 35.5. The van der Waals surface area contributed by atoms with Crippen molar-refractivity contribution in [3.05, 3.63) is 28.2 Å². The van der Waals surface area contributed by atoms with Crippen molar-refractivity contribution >= 4 is 34.9 Å². The highest BCUT2D eigenvalue weighted by molar-refractivity contribution is 6.36. The summed E-state index contributed by atoms with van der Waals surface area (Å²) < 4.78 is 0. The van der Waals surface area contributed by atoms with Crippen molar-refractivity contribution < 1.29 is 9.90 Å². The summed E-state index contributed by atoms with van der Waals surface area (Å²) in [6, 6.07) is 4.56. The van der Waals surface area contributed by atoms with Crippen molar-refractivity contribution in [1.82, 2.24) is 0 Å². The Hall–Kier alpha value is -0.930. The number of hydrogen-bond acceptors (Lipinski definition) is 2. The minimum Gasteiger partial charge on any atom is -0.480 e. The van der Waals surface area contributed by atoms with Crippen LogP contribution in [0, 0.1) is 0 Å². The zero-order chi connectivity index (χ0) is 13.7. The van der Waals surface area contributed by atoms with E-state index >= 15 is 0 Å². The van der Waals surface area contributed by atoms with Crippen LogP contribution < -0.4 is 4.90 Å². The SMILES string of the molecule is CCCN(c1ccc(Cl)cc1Cl)[C@H](CC)C(=O)O. The molecule has 0 saturated heterocycles. The van der Waals surface area contributed by atoms with E-state index in [-0.39, 0.29) is 0 Å². The van der Waals surface area contributed by atoms with Gasteiger partial charge in [0.1, 0.15) is 6.04 Å². The van der Waals surface area contributed by atoms with Gasteiger partial charge in [0, 0.05) is 11.6 Å². The summed E-state index contributed by atoms with van der Waals surface area (Å²) in [5, 5.41) is 10.3. The Balaban J connectivity index is 3.14. The number of anilines is 1. The third kappa shape index (κ3) is 3.53. The number of carbonyl (C=O) groups is 1. The van der Waals surface area contributed by atoms with Crippen LogP contribution in [0.25, 0.3) is 0 Å². The van der Waals surface area contributed by atoms with Gasteiger partial charge in [0.05, 0.1) is 10.7 Å². The van der Waals surface area contributed by atoms with E-state index in [2.05, 4.69) is 0 Å². The zero-order valence-electron chi connectivity index (χ0n) is 10.5. The van der Waals surface area contributed by atoms with Gasteiger partial charge in [-0.05, 0) is 31.0 Å². The Bertz CT molecular complexity index is 423. The van der Waals surface area contributed by atoms with Gasteiger partial charge in [-0.2, -0.15) is 0 Å². The Labute approximate surface area is 117 Å². The summed E-state index contributed by atoms with van der Waals surface area (Å²) in [5.41, 5.74) is 0.720. The van der Waals surface area contributed by atoms with Gasteiger partial charge < -0.3 is 10.0 Å². The zero-order valence-corrected chi connectivity index (χ0v) is 12.0. The van der Waals surface area contributed by atoms with Gasteiger partial charge >= 0.3 is 5.97 Å². The fraction of sp³-hybridized carbons (Fsp3) is 0.462. The number of rotatable bonds is 6. The Kier molecular flexibility index (Phi) is 5.76. The molecule has 0 spiro atoms. The standard InChI is InChI=1S/C13H17Cl2NO2/c1-3-7-16(11(4-2)13(17)18)12-6-5-9(14)8-10(12)15/h5-6,8,11H,3-4,7H2,1-2H3,(H,17,18)/t11-/m1/s1. The van der Waals surface area contributed by atoms with Crippen LogP contribution in [0.4, 0.5) is 5.69 Å². The Morgan fingerprint density at radius 2 is 2.06 bits per heavy atom. The average Bonchev–Trinajstić information content (AvgIpc) is 2.28. The van der Waals surface area contributed by atoms with Crippen molar-refractivity contribution in [1.29, 1.82) is 0 Å². The first-order chi connectivity index (χ1) is 8.51. The molecule has 1 atom stereocenters. The largest absolute Gasteiger partial charge is 0.480 e. The molecule has 0 aliphatic carbocycles. The maximum Gasteiger partial charge on any atom is 0.326 e. The van der Waals surface area contributed by atoms with Crippen LogP contribution in [-0.2, 0) is 4.79 Å². The van der Waals surface area contributed by atoms with Crippen molar-refractivity contribution in [3.63, 3.8) is 0 Å². The van der Waals surface area contributed by atoms with Crippen molar-refractivity contribution in [2.75, 3.05) is 11.4 Å². The Morgan fingerprint density at radius 1 is 1.39 bits per heavy atom. The molecule has 0 radical (unpaired) electrons. The van der Waals surface area contributed by atoms with E-state index in [1.54, 1.807) is 18.2 Å². The van der Waals surface area contributed by atoms with Gasteiger partial charge in [0.15, 0.2) is 0 Å². The highest BCUT2D eigenvalue weighted by Gasteiger charge is 2.24. The average molecular weight is 290 g/mol. The quantitative estimate of drug-likeness (QED) is 0.858. The second-order valence-corrected chi connectivity index (χ2v) is 4.90. The van der Waals surface area contributed by atoms with Gasteiger partial charge in [0.2, 0.25) is 0 Å². The van der Waals surface area contributed by atoms with Crippen molar-refractivity contribution in [3.8, 4) is 0 Å². The summed E-state index contributed by atoms with van der Waals surface area (Å²) in [4.78, 5) is 13.1. The number of aliphatic carboxylic acids is 1. The first-order valence-electron chi connectivity index (χ1n) is 5.95. The topological polar surface area (TPSA) is 40.5 Å². The smallest absolute Gasteiger partial charge is 0.326 e. The number of nitrogens with zero attached hydrogens (tertiary/aromatic N) is 1. The molecular weight excluding hydrogens is 273 g/mol. The van der Waals surface area contributed by atoms with E-state index in [0.717, 1.165) is 12.1 Å². The predicted molar refractivity (Wildman–Crippen MR) is 75.8 cm³/mol. The van der Waals surface area contributed by atoms with Gasteiger partial charge in [-0.25, -0.2) is 4.79 Å². The van der Waals surface area contributed by atoms with E-state index in [4.69, 9.17) is 23.2 Å². The van der Waals surface area contributed by atoms with E-state index in [1.807, 2.05) is 18.7 Å². The molecule has 1 aromatic rings. The first-order valence-corrected chi connectivity index (χ1v) is 6.71. The molecule has 3 nitrogen and oxygen atoms in total. The predicted octanol–water partition coefficient (Wildman–Crippen LogP) is 4.07. The van der Waals surface area contributed by atoms with Crippen LogP contribution in [0.2, 0.25) is 10.0 Å². The molecule has 18 heavy (non-hydrogen) atoms. The van der Waals surface area contributed by atoms with Gasteiger partial charge in [-0.15, -0.1) is 0 Å². The normalized spacial score (nSPS) is 12.2. The van der Waals surface area contributed by atoms with E-state index < -0.39 is 12.0 Å². The third-order valence-electron chi connectivity index (χ3n) is 2.73. The third-order valence-corrected chi connectivity index (χ3v) is 3.27. The number of carboxylic acids is 1. The fourth-order valence-corrected chi connectivity index (χ4v) is 2.44. The molecule has 0 heterocycles. The molecule has 0 aliphatic rings. The highest BCUT2D eigenvalue weighted by Crippen LogP contribution is 2.30. The summed E-state index contributed by atoms with van der Waals surface area (Å²) in [6.07, 6.45) is 1.37. The van der Waals surface area contributed by atoms with Crippen LogP contribution in [0.15, 0.2) is 18.2 Å². The van der Waals surface area contributed by atoms with Crippen molar-refractivity contribution in [2.45, 2.75) is 32.7 Å². The molecule has 0 unspecified atom stereocenters. The minimum absolute atomic E-state index is 0.482. The van der Waals surface area contributed by atoms with Crippen LogP contribution in [0.5, 0.6) is 0 Å². The molecule has 0 saturated carbocycles. The molecule has 1 N–H and O–H groups in total. The molecule has 0 aliphatic heterocycles. The molecule has 0 bridgehead atoms. The molecule has 100 valence electrons. The van der Waals surface area contributed by atoms with Crippen LogP contribution >= 0.6 is 23.2 Å². The second kappa shape index (κ2) is 6.86. The minimum atomic E-state index is -0.836. The lowest BCUT2D eigenvalue weighted by Crippen LogP contribution is -2.41. The van der Waals surface area contributed by atoms with E-state index in [0.29, 0.717) is 23.0 Å². The molecule has 1 rings (SSSR count). The maximum atomic E-state index is 11.3. The second-order valence-electron chi connectivity index (χ2n) is 4.05.